The van der Waals surface area contributed by atoms with E-state index in [-0.39, 0.29) is 12.1 Å². The van der Waals surface area contributed by atoms with Crippen LogP contribution >= 0.6 is 0 Å². The van der Waals surface area contributed by atoms with Gasteiger partial charge in [0.05, 0.1) is 19.0 Å². The van der Waals surface area contributed by atoms with Crippen molar-refractivity contribution < 1.29 is 13.9 Å². The van der Waals surface area contributed by atoms with E-state index in [1.807, 2.05) is 0 Å². The molecule has 1 atom stereocenters. The summed E-state index contributed by atoms with van der Waals surface area (Å²) >= 11 is 0. The van der Waals surface area contributed by atoms with Crippen molar-refractivity contribution in [3.8, 4) is 0 Å². The summed E-state index contributed by atoms with van der Waals surface area (Å²) in [5, 5.41) is 0. The smallest absolute Gasteiger partial charge is 0.183 e. The number of rotatable bonds is 5. The molecule has 1 aliphatic heterocycles. The van der Waals surface area contributed by atoms with Gasteiger partial charge in [0.25, 0.3) is 0 Å². The summed E-state index contributed by atoms with van der Waals surface area (Å²) in [6, 6.07) is 8.49. The predicted octanol–water partition coefficient (Wildman–Crippen LogP) is 5.66. The maximum atomic E-state index is 13.1. The number of hydrogen-bond donors (Lipinski definition) is 0. The average Bonchev–Trinajstić information content (AvgIpc) is 2.61. The van der Waals surface area contributed by atoms with Gasteiger partial charge in [-0.25, -0.2) is 4.39 Å². The van der Waals surface area contributed by atoms with Gasteiger partial charge < -0.3 is 9.47 Å². The maximum Gasteiger partial charge on any atom is 0.183 e. The summed E-state index contributed by atoms with van der Waals surface area (Å²) in [6.07, 6.45) is 7.43. The van der Waals surface area contributed by atoms with Gasteiger partial charge in [0.15, 0.2) is 6.29 Å². The van der Waals surface area contributed by atoms with Gasteiger partial charge in [0, 0.05) is 11.5 Å². The van der Waals surface area contributed by atoms with Crippen molar-refractivity contribution in [2.24, 2.45) is 5.92 Å². The van der Waals surface area contributed by atoms with Crippen molar-refractivity contribution in [1.29, 1.82) is 0 Å². The molecule has 2 aliphatic rings. The number of unbranched alkanes of at least 4 members (excludes halogenated alkanes) is 1. The van der Waals surface area contributed by atoms with Gasteiger partial charge in [0.1, 0.15) is 0 Å². The SMILES string of the molecule is CCCC[C@H]1CO[C@H](c2ccc(C3CC=C(F)CC3)cc2)OC1. The normalized spacial score (nSPS) is 28.4. The molecule has 3 heteroatoms. The van der Waals surface area contributed by atoms with Crippen molar-refractivity contribution in [3.05, 3.63) is 47.3 Å². The van der Waals surface area contributed by atoms with Crippen molar-refractivity contribution in [3.63, 3.8) is 0 Å². The van der Waals surface area contributed by atoms with Crippen LogP contribution in [-0.2, 0) is 9.47 Å². The Morgan fingerprint density at radius 2 is 1.78 bits per heavy atom. The number of halogens is 1. The van der Waals surface area contributed by atoms with Gasteiger partial charge in [-0.05, 0) is 37.2 Å². The van der Waals surface area contributed by atoms with Crippen LogP contribution in [0.15, 0.2) is 36.2 Å². The van der Waals surface area contributed by atoms with E-state index < -0.39 is 0 Å². The second-order valence-electron chi connectivity index (χ2n) is 6.80. The van der Waals surface area contributed by atoms with Crippen molar-refractivity contribution in [2.75, 3.05) is 13.2 Å². The summed E-state index contributed by atoms with van der Waals surface area (Å²) in [7, 11) is 0. The number of hydrogen-bond acceptors (Lipinski definition) is 2. The number of benzene rings is 1. The first-order valence-electron chi connectivity index (χ1n) is 8.94. The predicted molar refractivity (Wildman–Crippen MR) is 89.9 cm³/mol. The van der Waals surface area contributed by atoms with Crippen LogP contribution in [0.25, 0.3) is 0 Å². The van der Waals surface area contributed by atoms with Gasteiger partial charge in [-0.3, -0.25) is 0 Å². The number of ether oxygens (including phenoxy) is 2. The molecule has 1 aromatic rings. The zero-order chi connectivity index (χ0) is 16.1. The van der Waals surface area contributed by atoms with E-state index in [9.17, 15) is 4.39 Å². The monoisotopic (exact) mass is 318 g/mol. The van der Waals surface area contributed by atoms with Crippen LogP contribution in [-0.4, -0.2) is 13.2 Å². The Morgan fingerprint density at radius 3 is 2.39 bits per heavy atom. The van der Waals surface area contributed by atoms with Crippen molar-refractivity contribution in [2.45, 2.75) is 57.7 Å². The largest absolute Gasteiger partial charge is 0.348 e. The third kappa shape index (κ3) is 4.42. The lowest BCUT2D eigenvalue weighted by Gasteiger charge is -2.30. The molecule has 2 nitrogen and oxygen atoms in total. The Hall–Kier alpha value is -1.19. The Kier molecular flexibility index (Phi) is 5.85. The first-order valence-corrected chi connectivity index (χ1v) is 8.94. The third-order valence-electron chi connectivity index (χ3n) is 4.97. The fourth-order valence-corrected chi connectivity index (χ4v) is 3.43. The Bertz CT molecular complexity index is 515. The lowest BCUT2D eigenvalue weighted by molar-refractivity contribution is -0.206. The van der Waals surface area contributed by atoms with E-state index in [0.29, 0.717) is 18.3 Å². The average molecular weight is 318 g/mol. The van der Waals surface area contributed by atoms with Gasteiger partial charge in [-0.15, -0.1) is 0 Å². The van der Waals surface area contributed by atoms with Crippen LogP contribution in [0, 0.1) is 5.92 Å². The molecule has 23 heavy (non-hydrogen) atoms. The van der Waals surface area contributed by atoms with Crippen LogP contribution in [0.5, 0.6) is 0 Å². The quantitative estimate of drug-likeness (QED) is 0.697. The molecule has 1 aromatic carbocycles. The van der Waals surface area contributed by atoms with Gasteiger partial charge >= 0.3 is 0 Å². The Balaban J connectivity index is 1.54. The minimum Gasteiger partial charge on any atom is -0.348 e. The molecule has 3 rings (SSSR count). The van der Waals surface area contributed by atoms with E-state index in [1.165, 1.54) is 24.8 Å². The van der Waals surface area contributed by atoms with E-state index >= 15 is 0 Å². The molecule has 0 amide bonds. The highest BCUT2D eigenvalue weighted by Crippen LogP contribution is 2.34. The molecule has 0 bridgehead atoms. The lowest BCUT2D eigenvalue weighted by Crippen LogP contribution is -2.27. The van der Waals surface area contributed by atoms with Crippen LogP contribution in [0.3, 0.4) is 0 Å². The van der Waals surface area contributed by atoms with Crippen LogP contribution in [0.4, 0.5) is 4.39 Å². The van der Waals surface area contributed by atoms with Crippen molar-refractivity contribution >= 4 is 0 Å². The molecule has 0 N–H and O–H groups in total. The molecule has 0 aromatic heterocycles. The molecule has 1 unspecified atom stereocenters. The molecule has 126 valence electrons. The van der Waals surface area contributed by atoms with E-state index in [0.717, 1.165) is 31.6 Å². The Morgan fingerprint density at radius 1 is 1.09 bits per heavy atom. The van der Waals surface area contributed by atoms with Gasteiger partial charge in [-0.1, -0.05) is 50.1 Å². The molecular weight excluding hydrogens is 291 g/mol. The minimum absolute atomic E-state index is 0.0412. The zero-order valence-electron chi connectivity index (χ0n) is 14.0. The summed E-state index contributed by atoms with van der Waals surface area (Å²) in [4.78, 5) is 0. The maximum absolute atomic E-state index is 13.1. The van der Waals surface area contributed by atoms with Crippen molar-refractivity contribution in [1.82, 2.24) is 0 Å². The summed E-state index contributed by atoms with van der Waals surface area (Å²) in [5.41, 5.74) is 2.37. The molecule has 1 saturated heterocycles. The molecule has 0 spiro atoms. The fourth-order valence-electron chi connectivity index (χ4n) is 3.43. The van der Waals surface area contributed by atoms with E-state index in [4.69, 9.17) is 9.47 Å². The topological polar surface area (TPSA) is 18.5 Å². The highest BCUT2D eigenvalue weighted by atomic mass is 19.1. The minimum atomic E-state index is -0.231. The molecular formula is C20H27FO2. The van der Waals surface area contributed by atoms with E-state index in [2.05, 4.69) is 31.2 Å². The highest BCUT2D eigenvalue weighted by Gasteiger charge is 2.23. The van der Waals surface area contributed by atoms with Crippen LogP contribution in [0.1, 0.15) is 68.8 Å². The molecule has 1 aliphatic carbocycles. The zero-order valence-corrected chi connectivity index (χ0v) is 14.0. The Labute approximate surface area is 138 Å². The highest BCUT2D eigenvalue weighted by molar-refractivity contribution is 5.27. The molecule has 0 saturated carbocycles. The summed E-state index contributed by atoms with van der Waals surface area (Å²) in [5.74, 6) is 1.02. The standard InChI is InChI=1S/C20H27FO2/c1-2-3-4-15-13-22-20(23-14-15)18-7-5-16(6-8-18)17-9-11-19(21)12-10-17/h5-8,11,15,17,20H,2-4,9-10,12-14H2,1H3/t15-,17?,20-. The first kappa shape index (κ1) is 16.7. The molecule has 1 heterocycles. The van der Waals surface area contributed by atoms with Gasteiger partial charge in [0.2, 0.25) is 0 Å². The fraction of sp³-hybridized carbons (Fsp3) is 0.600. The molecule has 1 fully saturated rings. The van der Waals surface area contributed by atoms with E-state index in [1.54, 1.807) is 6.08 Å². The van der Waals surface area contributed by atoms with Crippen LogP contribution in [0.2, 0.25) is 0 Å². The molecule has 0 radical (unpaired) electrons. The second kappa shape index (κ2) is 8.07. The summed E-state index contributed by atoms with van der Waals surface area (Å²) in [6.45, 7) is 3.80. The third-order valence-corrected chi connectivity index (χ3v) is 4.97. The lowest BCUT2D eigenvalue weighted by atomic mass is 9.87. The van der Waals surface area contributed by atoms with Gasteiger partial charge in [-0.2, -0.15) is 0 Å². The summed E-state index contributed by atoms with van der Waals surface area (Å²) < 4.78 is 24.9. The number of allylic oxidation sites excluding steroid dienone is 2. The second-order valence-corrected chi connectivity index (χ2v) is 6.80. The van der Waals surface area contributed by atoms with Crippen LogP contribution < -0.4 is 0 Å². The first-order chi connectivity index (χ1) is 11.3.